The fourth-order valence-corrected chi connectivity index (χ4v) is 3.71. The molecule has 1 atom stereocenters. The maximum absolute atomic E-state index is 12.1. The molecule has 0 unspecified atom stereocenters. The molecule has 0 amide bonds. The average molecular weight is 335 g/mol. The van der Waals surface area contributed by atoms with Gasteiger partial charge in [-0.2, -0.15) is 0 Å². The number of hydrogen-bond donors (Lipinski definition) is 1. The first-order valence-electron chi connectivity index (χ1n) is 7.89. The number of nitrogens with zero attached hydrogens (tertiary/aromatic N) is 2. The van der Waals surface area contributed by atoms with Gasteiger partial charge < -0.3 is 5.32 Å². The molecule has 2 heterocycles. The number of rotatable bonds is 4. The second-order valence-corrected chi connectivity index (χ2v) is 6.69. The molecule has 4 rings (SSSR count). The first-order chi connectivity index (χ1) is 11.7. The molecule has 0 aliphatic rings. The van der Waals surface area contributed by atoms with E-state index in [2.05, 4.69) is 59.7 Å². The Morgan fingerprint density at radius 3 is 2.96 bits per heavy atom. The zero-order valence-corrected chi connectivity index (χ0v) is 14.1. The Labute approximate surface area is 143 Å². The maximum Gasteiger partial charge on any atom is 0.258 e. The summed E-state index contributed by atoms with van der Waals surface area (Å²) in [5, 5.41) is 7.85. The Morgan fingerprint density at radius 1 is 1.21 bits per heavy atom. The minimum atomic E-state index is -0.0316. The molecular weight excluding hydrogens is 318 g/mol. The highest BCUT2D eigenvalue weighted by Gasteiger charge is 2.10. The van der Waals surface area contributed by atoms with Gasteiger partial charge in [-0.05, 0) is 23.3 Å². The highest BCUT2D eigenvalue weighted by atomic mass is 32.1. The van der Waals surface area contributed by atoms with Gasteiger partial charge >= 0.3 is 0 Å². The number of nitrogens with one attached hydrogen (secondary N) is 1. The van der Waals surface area contributed by atoms with Gasteiger partial charge in [0, 0.05) is 30.2 Å². The largest absolute Gasteiger partial charge is 0.305 e. The van der Waals surface area contributed by atoms with Gasteiger partial charge in [0.1, 0.15) is 0 Å². The van der Waals surface area contributed by atoms with E-state index in [0.717, 1.165) is 10.7 Å². The molecular formula is C19H17N3OS. The molecule has 2 aromatic carbocycles. The topological polar surface area (TPSA) is 46.4 Å². The van der Waals surface area contributed by atoms with Crippen LogP contribution in [0.15, 0.2) is 64.9 Å². The molecule has 2 aromatic heterocycles. The van der Waals surface area contributed by atoms with Gasteiger partial charge in [-0.25, -0.2) is 4.98 Å². The van der Waals surface area contributed by atoms with Crippen molar-refractivity contribution in [3.05, 3.63) is 81.7 Å². The summed E-state index contributed by atoms with van der Waals surface area (Å²) >= 11 is 1.47. The lowest BCUT2D eigenvalue weighted by atomic mass is 10.00. The fourth-order valence-electron chi connectivity index (χ4n) is 2.97. The van der Waals surface area contributed by atoms with Gasteiger partial charge in [0.25, 0.3) is 5.56 Å². The van der Waals surface area contributed by atoms with Gasteiger partial charge in [0.2, 0.25) is 0 Å². The van der Waals surface area contributed by atoms with Crippen LogP contribution in [0.2, 0.25) is 0 Å². The van der Waals surface area contributed by atoms with E-state index in [-0.39, 0.29) is 11.6 Å². The summed E-state index contributed by atoms with van der Waals surface area (Å²) in [5.74, 6) is 0. The lowest BCUT2D eigenvalue weighted by molar-refractivity contribution is 0.571. The summed E-state index contributed by atoms with van der Waals surface area (Å²) in [7, 11) is 0. The molecule has 5 heteroatoms. The molecule has 120 valence electrons. The maximum atomic E-state index is 12.1. The molecule has 1 N–H and O–H groups in total. The lowest BCUT2D eigenvalue weighted by Gasteiger charge is -2.16. The van der Waals surface area contributed by atoms with Crippen LogP contribution in [0, 0.1) is 0 Å². The van der Waals surface area contributed by atoms with Crippen molar-refractivity contribution in [1.82, 2.24) is 14.7 Å². The molecule has 0 fully saturated rings. The number of fused-ring (bicyclic) bond motifs is 2. The van der Waals surface area contributed by atoms with Crippen LogP contribution < -0.4 is 10.9 Å². The monoisotopic (exact) mass is 335 g/mol. The highest BCUT2D eigenvalue weighted by Crippen LogP contribution is 2.24. The predicted molar refractivity (Wildman–Crippen MR) is 98.5 cm³/mol. The van der Waals surface area contributed by atoms with Crippen LogP contribution in [0.25, 0.3) is 15.7 Å². The summed E-state index contributed by atoms with van der Waals surface area (Å²) in [4.78, 5) is 17.3. The zero-order chi connectivity index (χ0) is 16.5. The van der Waals surface area contributed by atoms with Crippen molar-refractivity contribution in [1.29, 1.82) is 0 Å². The summed E-state index contributed by atoms with van der Waals surface area (Å²) in [5.41, 5.74) is 1.99. The van der Waals surface area contributed by atoms with E-state index in [1.807, 2.05) is 5.38 Å². The van der Waals surface area contributed by atoms with Crippen LogP contribution in [0.5, 0.6) is 0 Å². The smallest absolute Gasteiger partial charge is 0.258 e. The molecule has 0 spiro atoms. The molecule has 0 bridgehead atoms. The predicted octanol–water partition coefficient (Wildman–Crippen LogP) is 3.76. The fraction of sp³-hybridized carbons (Fsp3) is 0.158. The SMILES string of the molecule is C[C@@H](NCc1cc(=O)n2ccsc2n1)c1cccc2ccccc12. The van der Waals surface area contributed by atoms with Crippen molar-refractivity contribution < 1.29 is 0 Å². The van der Waals surface area contributed by atoms with E-state index < -0.39 is 0 Å². The lowest BCUT2D eigenvalue weighted by Crippen LogP contribution is -2.21. The van der Waals surface area contributed by atoms with Crippen molar-refractivity contribution in [2.24, 2.45) is 0 Å². The molecule has 4 nitrogen and oxygen atoms in total. The Morgan fingerprint density at radius 2 is 2.04 bits per heavy atom. The Hall–Kier alpha value is -2.50. The summed E-state index contributed by atoms with van der Waals surface area (Å²) in [6.07, 6.45) is 1.76. The molecule has 0 aliphatic carbocycles. The normalized spacial score (nSPS) is 12.7. The third kappa shape index (κ3) is 2.72. The first-order valence-corrected chi connectivity index (χ1v) is 8.77. The van der Waals surface area contributed by atoms with E-state index in [1.54, 1.807) is 16.7 Å². The molecule has 0 radical (unpaired) electrons. The van der Waals surface area contributed by atoms with Gasteiger partial charge in [-0.15, -0.1) is 11.3 Å². The zero-order valence-electron chi connectivity index (χ0n) is 13.3. The molecule has 24 heavy (non-hydrogen) atoms. The van der Waals surface area contributed by atoms with Crippen LogP contribution in [-0.2, 0) is 6.54 Å². The Bertz CT molecular complexity index is 1060. The molecule has 0 saturated heterocycles. The van der Waals surface area contributed by atoms with Crippen LogP contribution in [0.1, 0.15) is 24.2 Å². The van der Waals surface area contributed by atoms with Crippen molar-refractivity contribution in [2.45, 2.75) is 19.5 Å². The van der Waals surface area contributed by atoms with E-state index in [9.17, 15) is 4.79 Å². The minimum Gasteiger partial charge on any atom is -0.305 e. The van der Waals surface area contributed by atoms with Gasteiger partial charge in [0.15, 0.2) is 4.96 Å². The van der Waals surface area contributed by atoms with E-state index in [4.69, 9.17) is 0 Å². The third-order valence-corrected chi connectivity index (χ3v) is 4.99. The number of hydrogen-bond acceptors (Lipinski definition) is 4. The van der Waals surface area contributed by atoms with Crippen molar-refractivity contribution in [3.8, 4) is 0 Å². The minimum absolute atomic E-state index is 0.0316. The summed E-state index contributed by atoms with van der Waals surface area (Å²) < 4.78 is 1.57. The van der Waals surface area contributed by atoms with Crippen LogP contribution in [0.4, 0.5) is 0 Å². The third-order valence-electron chi connectivity index (χ3n) is 4.24. The molecule has 4 aromatic rings. The van der Waals surface area contributed by atoms with E-state index in [1.165, 1.54) is 27.7 Å². The molecule has 0 saturated carbocycles. The Balaban J connectivity index is 1.59. The average Bonchev–Trinajstić information content (AvgIpc) is 3.08. The number of thiazole rings is 1. The van der Waals surface area contributed by atoms with Crippen LogP contribution >= 0.6 is 11.3 Å². The standard InChI is InChI=1S/C19H17N3OS/c1-13(16-8-4-6-14-5-2-3-7-17(14)16)20-12-15-11-18(23)22-9-10-24-19(22)21-15/h2-11,13,20H,12H2,1H3/t13-/m1/s1. The second-order valence-electron chi connectivity index (χ2n) is 5.81. The van der Waals surface area contributed by atoms with E-state index in [0.29, 0.717) is 6.54 Å². The summed E-state index contributed by atoms with van der Waals surface area (Å²) in [6, 6.07) is 16.5. The van der Waals surface area contributed by atoms with Crippen molar-refractivity contribution >= 4 is 27.1 Å². The van der Waals surface area contributed by atoms with Gasteiger partial charge in [-0.1, -0.05) is 42.5 Å². The number of aromatic nitrogens is 2. The second kappa shape index (κ2) is 6.19. The van der Waals surface area contributed by atoms with Crippen LogP contribution in [0.3, 0.4) is 0 Å². The summed E-state index contributed by atoms with van der Waals surface area (Å²) in [6.45, 7) is 2.70. The van der Waals surface area contributed by atoms with Gasteiger partial charge in [-0.3, -0.25) is 9.20 Å². The number of benzene rings is 2. The molecule has 0 aliphatic heterocycles. The quantitative estimate of drug-likeness (QED) is 0.618. The van der Waals surface area contributed by atoms with E-state index >= 15 is 0 Å². The first kappa shape index (κ1) is 15.1. The van der Waals surface area contributed by atoms with Crippen LogP contribution in [-0.4, -0.2) is 9.38 Å². The van der Waals surface area contributed by atoms with Gasteiger partial charge in [0.05, 0.1) is 5.69 Å². The highest BCUT2D eigenvalue weighted by molar-refractivity contribution is 7.15. The van der Waals surface area contributed by atoms with Crippen molar-refractivity contribution in [3.63, 3.8) is 0 Å². The Kier molecular flexibility index (Phi) is 3.88. The van der Waals surface area contributed by atoms with Crippen molar-refractivity contribution in [2.75, 3.05) is 0 Å².